The zero-order valence-corrected chi connectivity index (χ0v) is 11.8. The van der Waals surface area contributed by atoms with Crippen LogP contribution in [0.15, 0.2) is 0 Å². The SMILES string of the molecule is COC(C)(C)CNc1nc(N)nc(N2CCCC2)n1. The minimum Gasteiger partial charge on any atom is -0.377 e. The second-order valence-corrected chi connectivity index (χ2v) is 5.33. The second-order valence-electron chi connectivity index (χ2n) is 5.33. The van der Waals surface area contributed by atoms with Crippen LogP contribution in [0, 0.1) is 0 Å². The Morgan fingerprint density at radius 2 is 1.95 bits per heavy atom. The molecule has 1 fully saturated rings. The van der Waals surface area contributed by atoms with Crippen LogP contribution >= 0.6 is 0 Å². The van der Waals surface area contributed by atoms with Crippen molar-refractivity contribution in [1.29, 1.82) is 0 Å². The smallest absolute Gasteiger partial charge is 0.231 e. The summed E-state index contributed by atoms with van der Waals surface area (Å²) in [5.74, 6) is 1.40. The number of nitrogens with one attached hydrogen (secondary N) is 1. The zero-order valence-electron chi connectivity index (χ0n) is 11.8. The largest absolute Gasteiger partial charge is 0.377 e. The third-order valence-electron chi connectivity index (χ3n) is 3.25. The predicted octanol–water partition coefficient (Wildman–Crippen LogP) is 0.891. The molecule has 0 saturated carbocycles. The van der Waals surface area contributed by atoms with Crippen molar-refractivity contribution in [2.75, 3.05) is 42.7 Å². The first-order valence-electron chi connectivity index (χ1n) is 6.56. The standard InChI is InChI=1S/C12H22N6O/c1-12(2,19-3)8-14-10-15-9(13)16-11(17-10)18-6-4-5-7-18/h4-8H2,1-3H3,(H3,13,14,15,16,17). The van der Waals surface area contributed by atoms with E-state index in [0.717, 1.165) is 13.1 Å². The van der Waals surface area contributed by atoms with Gasteiger partial charge < -0.3 is 20.7 Å². The lowest BCUT2D eigenvalue weighted by molar-refractivity contribution is 0.0342. The van der Waals surface area contributed by atoms with E-state index in [4.69, 9.17) is 10.5 Å². The maximum atomic E-state index is 5.74. The first-order valence-corrected chi connectivity index (χ1v) is 6.56. The molecule has 0 radical (unpaired) electrons. The fraction of sp³-hybridized carbons (Fsp3) is 0.750. The van der Waals surface area contributed by atoms with Gasteiger partial charge in [-0.25, -0.2) is 0 Å². The monoisotopic (exact) mass is 266 g/mol. The molecule has 1 aliphatic rings. The maximum absolute atomic E-state index is 5.74. The number of nitrogens with two attached hydrogens (primary N) is 1. The summed E-state index contributed by atoms with van der Waals surface area (Å²) in [5, 5.41) is 3.15. The third kappa shape index (κ3) is 3.66. The highest BCUT2D eigenvalue weighted by Gasteiger charge is 2.19. The van der Waals surface area contributed by atoms with E-state index in [-0.39, 0.29) is 11.5 Å². The summed E-state index contributed by atoms with van der Waals surface area (Å²) < 4.78 is 5.34. The van der Waals surface area contributed by atoms with Gasteiger partial charge in [-0.05, 0) is 26.7 Å². The molecule has 0 unspecified atom stereocenters. The van der Waals surface area contributed by atoms with Crippen LogP contribution in [0.5, 0.6) is 0 Å². The lowest BCUT2D eigenvalue weighted by Crippen LogP contribution is -2.33. The van der Waals surface area contributed by atoms with Crippen molar-refractivity contribution >= 4 is 17.8 Å². The summed E-state index contributed by atoms with van der Waals surface area (Å²) >= 11 is 0. The molecule has 19 heavy (non-hydrogen) atoms. The van der Waals surface area contributed by atoms with Crippen molar-refractivity contribution in [2.45, 2.75) is 32.3 Å². The van der Waals surface area contributed by atoms with E-state index in [9.17, 15) is 0 Å². The fourth-order valence-electron chi connectivity index (χ4n) is 1.88. The molecule has 1 aromatic heterocycles. The Kier molecular flexibility index (Phi) is 4.04. The van der Waals surface area contributed by atoms with Crippen LogP contribution in [0.4, 0.5) is 17.8 Å². The van der Waals surface area contributed by atoms with Crippen molar-refractivity contribution in [1.82, 2.24) is 15.0 Å². The van der Waals surface area contributed by atoms with Gasteiger partial charge in [0.15, 0.2) is 0 Å². The van der Waals surface area contributed by atoms with Crippen LogP contribution in [0.2, 0.25) is 0 Å². The van der Waals surface area contributed by atoms with Gasteiger partial charge in [0, 0.05) is 26.7 Å². The summed E-state index contributed by atoms with van der Waals surface area (Å²) in [6.07, 6.45) is 2.34. The number of ether oxygens (including phenoxy) is 1. The molecule has 1 aromatic rings. The third-order valence-corrected chi connectivity index (χ3v) is 3.25. The van der Waals surface area contributed by atoms with Crippen LogP contribution < -0.4 is 16.0 Å². The highest BCUT2D eigenvalue weighted by atomic mass is 16.5. The maximum Gasteiger partial charge on any atom is 0.231 e. The molecular weight excluding hydrogens is 244 g/mol. The number of anilines is 3. The van der Waals surface area contributed by atoms with E-state index in [1.54, 1.807) is 7.11 Å². The normalized spacial score (nSPS) is 15.8. The van der Waals surface area contributed by atoms with Crippen molar-refractivity contribution < 1.29 is 4.74 Å². The Bertz CT molecular complexity index is 430. The Hall–Kier alpha value is -1.63. The molecule has 0 atom stereocenters. The van der Waals surface area contributed by atoms with Gasteiger partial charge in [-0.3, -0.25) is 0 Å². The molecule has 106 valence electrons. The van der Waals surface area contributed by atoms with Crippen molar-refractivity contribution in [2.24, 2.45) is 0 Å². The molecule has 0 spiro atoms. The van der Waals surface area contributed by atoms with Crippen molar-refractivity contribution in [3.63, 3.8) is 0 Å². The molecule has 0 amide bonds. The zero-order chi connectivity index (χ0) is 13.9. The number of rotatable bonds is 5. The molecule has 0 aromatic carbocycles. The van der Waals surface area contributed by atoms with Crippen LogP contribution in [0.25, 0.3) is 0 Å². The molecule has 0 aliphatic carbocycles. The van der Waals surface area contributed by atoms with Gasteiger partial charge in [-0.1, -0.05) is 0 Å². The summed E-state index contributed by atoms with van der Waals surface area (Å²) in [6.45, 7) is 6.54. The number of hydrogen-bond acceptors (Lipinski definition) is 7. The lowest BCUT2D eigenvalue weighted by atomic mass is 10.1. The van der Waals surface area contributed by atoms with Crippen molar-refractivity contribution in [3.8, 4) is 0 Å². The fourth-order valence-corrected chi connectivity index (χ4v) is 1.88. The topological polar surface area (TPSA) is 89.2 Å². The van der Waals surface area contributed by atoms with Gasteiger partial charge in [0.2, 0.25) is 17.8 Å². The van der Waals surface area contributed by atoms with E-state index < -0.39 is 0 Å². The van der Waals surface area contributed by atoms with Crippen LogP contribution in [-0.4, -0.2) is 47.3 Å². The van der Waals surface area contributed by atoms with Gasteiger partial charge >= 0.3 is 0 Å². The van der Waals surface area contributed by atoms with Gasteiger partial charge in [0.25, 0.3) is 0 Å². The molecule has 1 saturated heterocycles. The van der Waals surface area contributed by atoms with E-state index in [0.29, 0.717) is 18.4 Å². The molecule has 2 rings (SSSR count). The van der Waals surface area contributed by atoms with Gasteiger partial charge in [-0.2, -0.15) is 15.0 Å². The molecule has 1 aliphatic heterocycles. The van der Waals surface area contributed by atoms with Gasteiger partial charge in [0.1, 0.15) is 0 Å². The molecule has 3 N–H and O–H groups in total. The van der Waals surface area contributed by atoms with Crippen molar-refractivity contribution in [3.05, 3.63) is 0 Å². The number of aromatic nitrogens is 3. The van der Waals surface area contributed by atoms with Crippen LogP contribution in [0.3, 0.4) is 0 Å². The Morgan fingerprint density at radius 3 is 2.58 bits per heavy atom. The van der Waals surface area contributed by atoms with Gasteiger partial charge in [0.05, 0.1) is 5.60 Å². The summed E-state index contributed by atoms with van der Waals surface area (Å²) in [5.41, 5.74) is 5.46. The second kappa shape index (κ2) is 5.56. The number of nitrogen functional groups attached to an aromatic ring is 1. The molecule has 0 bridgehead atoms. The number of methoxy groups -OCH3 is 1. The van der Waals surface area contributed by atoms with E-state index >= 15 is 0 Å². The van der Waals surface area contributed by atoms with E-state index in [2.05, 4.69) is 25.2 Å². The average molecular weight is 266 g/mol. The Morgan fingerprint density at radius 1 is 1.26 bits per heavy atom. The predicted molar refractivity (Wildman–Crippen MR) is 75.3 cm³/mol. The Labute approximate surface area is 113 Å². The average Bonchev–Trinajstić information content (AvgIpc) is 2.90. The lowest BCUT2D eigenvalue weighted by Gasteiger charge is -2.23. The molecule has 7 nitrogen and oxygen atoms in total. The summed E-state index contributed by atoms with van der Waals surface area (Å²) in [7, 11) is 1.68. The first kappa shape index (κ1) is 13.8. The Balaban J connectivity index is 2.08. The highest BCUT2D eigenvalue weighted by molar-refractivity contribution is 5.42. The highest BCUT2D eigenvalue weighted by Crippen LogP contribution is 2.18. The summed E-state index contributed by atoms with van der Waals surface area (Å²) in [6, 6.07) is 0. The minimum absolute atomic E-state index is 0.245. The molecular formula is C12H22N6O. The minimum atomic E-state index is -0.283. The molecule has 2 heterocycles. The number of nitrogens with zero attached hydrogens (tertiary/aromatic N) is 4. The number of hydrogen-bond donors (Lipinski definition) is 2. The van der Waals surface area contributed by atoms with Crippen LogP contribution in [-0.2, 0) is 4.74 Å². The van der Waals surface area contributed by atoms with Gasteiger partial charge in [-0.15, -0.1) is 0 Å². The summed E-state index contributed by atoms with van der Waals surface area (Å²) in [4.78, 5) is 14.8. The van der Waals surface area contributed by atoms with E-state index in [1.165, 1.54) is 12.8 Å². The first-order chi connectivity index (χ1) is 9.00. The quantitative estimate of drug-likeness (QED) is 0.818. The molecule has 7 heteroatoms. The van der Waals surface area contributed by atoms with E-state index in [1.807, 2.05) is 13.8 Å². The van der Waals surface area contributed by atoms with Crippen LogP contribution in [0.1, 0.15) is 26.7 Å².